The van der Waals surface area contributed by atoms with Crippen molar-refractivity contribution in [3.05, 3.63) is 23.3 Å². The van der Waals surface area contributed by atoms with Crippen molar-refractivity contribution in [1.82, 2.24) is 0 Å². The molecule has 8 heteroatoms. The van der Waals surface area contributed by atoms with Crippen molar-refractivity contribution in [3.63, 3.8) is 0 Å². The molecular weight excluding hydrogens is 879 g/mol. The Hall–Kier alpha value is 3.32. The molecule has 0 N–H and O–H groups in total. The van der Waals surface area contributed by atoms with E-state index in [4.69, 9.17) is 0 Å². The maximum Gasteiger partial charge on any atom is 0.0326 e. The standard InChI is InChI=1S/2C10H16Br4/c2*1-10(2,14)9(13)4-3-8(7-12)5-6-11/h2*5,9H,3-4,6-7H2,1-2H3/b8-5+;8-5-. The van der Waals surface area contributed by atoms with Crippen molar-refractivity contribution in [3.8, 4) is 0 Å². The van der Waals surface area contributed by atoms with Gasteiger partial charge >= 0.3 is 0 Å². The molecule has 168 valence electrons. The van der Waals surface area contributed by atoms with E-state index in [1.807, 2.05) is 0 Å². The fraction of sp³-hybridized carbons (Fsp3) is 0.800. The Balaban J connectivity index is 0. The van der Waals surface area contributed by atoms with E-state index >= 15 is 0 Å². The molecule has 0 fully saturated rings. The Morgan fingerprint density at radius 1 is 0.679 bits per heavy atom. The molecule has 0 spiro atoms. The van der Waals surface area contributed by atoms with Gasteiger partial charge in [0.15, 0.2) is 0 Å². The lowest BCUT2D eigenvalue weighted by atomic mass is 10.0. The molecular formula is C20H32Br8. The number of allylic oxidation sites excluding steroid dienone is 4. The van der Waals surface area contributed by atoms with Gasteiger partial charge < -0.3 is 0 Å². The van der Waals surface area contributed by atoms with Crippen molar-refractivity contribution in [1.29, 1.82) is 0 Å². The SMILES string of the molecule is CC(C)(Br)C(Br)CC/C(=C/CBr)CBr.CC(C)(Br)C(Br)CC/C(=C\CBr)CBr. The number of hydrogen-bond donors (Lipinski definition) is 0. The lowest BCUT2D eigenvalue weighted by molar-refractivity contribution is 0.637. The molecule has 0 aromatic rings. The van der Waals surface area contributed by atoms with Crippen molar-refractivity contribution in [2.24, 2.45) is 0 Å². The van der Waals surface area contributed by atoms with Crippen LogP contribution in [0.5, 0.6) is 0 Å². The van der Waals surface area contributed by atoms with E-state index in [1.54, 1.807) is 0 Å². The number of alkyl halides is 8. The molecule has 0 aromatic heterocycles. The zero-order valence-electron chi connectivity index (χ0n) is 17.0. The molecule has 0 nitrogen and oxygen atoms in total. The second-order valence-electron chi connectivity index (χ2n) is 7.44. The third-order valence-corrected chi connectivity index (χ3v) is 11.6. The number of halogens is 8. The Kier molecular flexibility index (Phi) is 22.4. The average molecular weight is 912 g/mol. The van der Waals surface area contributed by atoms with Crippen LogP contribution in [0.3, 0.4) is 0 Å². The highest BCUT2D eigenvalue weighted by molar-refractivity contribution is 9.13. The molecule has 2 unspecified atom stereocenters. The van der Waals surface area contributed by atoms with Gasteiger partial charge in [0.1, 0.15) is 0 Å². The first-order chi connectivity index (χ1) is 12.8. The van der Waals surface area contributed by atoms with Crippen LogP contribution in [0.15, 0.2) is 23.3 Å². The zero-order chi connectivity index (χ0) is 22.4. The highest BCUT2D eigenvalue weighted by atomic mass is 79.9. The second kappa shape index (κ2) is 18.7. The Labute approximate surface area is 240 Å². The minimum atomic E-state index is 0.166. The van der Waals surface area contributed by atoms with Crippen LogP contribution in [0.2, 0.25) is 0 Å². The highest BCUT2D eigenvalue weighted by Crippen LogP contribution is 2.32. The predicted octanol–water partition coefficient (Wildman–Crippen LogP) is 10.8. The van der Waals surface area contributed by atoms with Crippen LogP contribution < -0.4 is 0 Å². The lowest BCUT2D eigenvalue weighted by Gasteiger charge is -2.23. The summed E-state index contributed by atoms with van der Waals surface area (Å²) in [6.45, 7) is 8.76. The van der Waals surface area contributed by atoms with E-state index in [2.05, 4.69) is 167 Å². The van der Waals surface area contributed by atoms with Gasteiger partial charge in [-0.2, -0.15) is 0 Å². The molecule has 0 bridgehead atoms. The van der Waals surface area contributed by atoms with Gasteiger partial charge in [-0.3, -0.25) is 0 Å². The minimum absolute atomic E-state index is 0.166. The third kappa shape index (κ3) is 18.8. The van der Waals surface area contributed by atoms with Gasteiger partial charge in [-0.15, -0.1) is 0 Å². The van der Waals surface area contributed by atoms with Gasteiger partial charge in [-0.1, -0.05) is 151 Å². The molecule has 0 rings (SSSR count). The van der Waals surface area contributed by atoms with Crippen LogP contribution in [0.25, 0.3) is 0 Å². The van der Waals surface area contributed by atoms with Crippen molar-refractivity contribution < 1.29 is 0 Å². The molecule has 0 radical (unpaired) electrons. The monoisotopic (exact) mass is 904 g/mol. The predicted molar refractivity (Wildman–Crippen MR) is 161 cm³/mol. The fourth-order valence-corrected chi connectivity index (χ4v) is 4.83. The fourth-order valence-electron chi connectivity index (χ4n) is 1.98. The quantitative estimate of drug-likeness (QED) is 0.135. The molecule has 2 atom stereocenters. The summed E-state index contributed by atoms with van der Waals surface area (Å²) in [5, 5.41) is 3.83. The van der Waals surface area contributed by atoms with Gasteiger partial charge in [-0.25, -0.2) is 0 Å². The van der Waals surface area contributed by atoms with E-state index in [9.17, 15) is 0 Å². The Morgan fingerprint density at radius 2 is 0.964 bits per heavy atom. The Bertz CT molecular complexity index is 404. The molecule has 0 aliphatic carbocycles. The highest BCUT2D eigenvalue weighted by Gasteiger charge is 2.24. The number of rotatable bonds is 12. The largest absolute Gasteiger partial charge is 0.0883 e. The summed E-state index contributed by atoms with van der Waals surface area (Å²) >= 11 is 28.6. The molecule has 0 saturated heterocycles. The van der Waals surface area contributed by atoms with E-state index in [1.165, 1.54) is 11.1 Å². The molecule has 0 aliphatic rings. The van der Waals surface area contributed by atoms with Crippen molar-refractivity contribution in [2.75, 3.05) is 21.3 Å². The van der Waals surface area contributed by atoms with Gasteiger partial charge in [0, 0.05) is 39.6 Å². The summed E-state index contributed by atoms with van der Waals surface area (Å²) < 4.78 is 0.331. The molecule has 0 saturated carbocycles. The summed E-state index contributed by atoms with van der Waals surface area (Å²) in [7, 11) is 0. The van der Waals surface area contributed by atoms with Gasteiger partial charge in [0.2, 0.25) is 0 Å². The first kappa shape index (κ1) is 33.5. The van der Waals surface area contributed by atoms with E-state index < -0.39 is 0 Å². The zero-order valence-corrected chi connectivity index (χ0v) is 29.7. The normalized spacial score (nSPS) is 15.7. The summed E-state index contributed by atoms with van der Waals surface area (Å²) in [4.78, 5) is 1.01. The summed E-state index contributed by atoms with van der Waals surface area (Å²) in [6, 6.07) is 0. The van der Waals surface area contributed by atoms with Crippen molar-refractivity contribution >= 4 is 127 Å². The topological polar surface area (TPSA) is 0 Å². The van der Waals surface area contributed by atoms with Crippen LogP contribution in [0.1, 0.15) is 53.4 Å². The second-order valence-corrected chi connectivity index (χ2v) is 16.2. The first-order valence-corrected chi connectivity index (χ1v) is 17.0. The lowest BCUT2D eigenvalue weighted by Crippen LogP contribution is -2.24. The number of hydrogen-bond acceptors (Lipinski definition) is 0. The van der Waals surface area contributed by atoms with Gasteiger partial charge in [0.25, 0.3) is 0 Å². The maximum atomic E-state index is 3.71. The van der Waals surface area contributed by atoms with Crippen LogP contribution in [0.4, 0.5) is 0 Å². The van der Waals surface area contributed by atoms with Gasteiger partial charge in [0.05, 0.1) is 0 Å². The van der Waals surface area contributed by atoms with Crippen LogP contribution in [0, 0.1) is 0 Å². The first-order valence-electron chi connectivity index (χ1n) is 9.09. The van der Waals surface area contributed by atoms with Crippen molar-refractivity contribution in [2.45, 2.75) is 71.7 Å². The molecule has 0 aliphatic heterocycles. The molecule has 0 amide bonds. The minimum Gasteiger partial charge on any atom is -0.0883 e. The Morgan fingerprint density at radius 3 is 1.14 bits per heavy atom. The maximum absolute atomic E-state index is 3.71. The molecule has 0 heterocycles. The van der Waals surface area contributed by atoms with E-state index in [-0.39, 0.29) is 8.65 Å². The summed E-state index contributed by atoms with van der Waals surface area (Å²) in [5.74, 6) is 0. The van der Waals surface area contributed by atoms with Crippen LogP contribution >= 0.6 is 127 Å². The third-order valence-electron chi connectivity index (χ3n) is 4.00. The van der Waals surface area contributed by atoms with Crippen LogP contribution in [-0.4, -0.2) is 39.6 Å². The van der Waals surface area contributed by atoms with Gasteiger partial charge in [-0.05, 0) is 53.4 Å². The van der Waals surface area contributed by atoms with E-state index in [0.717, 1.165) is 47.0 Å². The summed E-state index contributed by atoms with van der Waals surface area (Å²) in [6.07, 6.45) is 9.06. The van der Waals surface area contributed by atoms with E-state index in [0.29, 0.717) is 9.65 Å². The molecule has 0 aromatic carbocycles. The smallest absolute Gasteiger partial charge is 0.0326 e. The molecule has 28 heavy (non-hydrogen) atoms. The average Bonchev–Trinajstić information content (AvgIpc) is 2.60. The van der Waals surface area contributed by atoms with Crippen LogP contribution in [-0.2, 0) is 0 Å². The summed E-state index contributed by atoms with van der Waals surface area (Å²) in [5.41, 5.74) is 2.92.